The van der Waals surface area contributed by atoms with E-state index >= 15 is 0 Å². The lowest BCUT2D eigenvalue weighted by Gasteiger charge is -2.05. The van der Waals surface area contributed by atoms with Gasteiger partial charge in [0.05, 0.1) is 5.56 Å². The van der Waals surface area contributed by atoms with Crippen LogP contribution in [0.15, 0.2) is 29.3 Å². The summed E-state index contributed by atoms with van der Waals surface area (Å²) in [5.41, 5.74) is 0.136. The molecule has 15 heavy (non-hydrogen) atoms. The highest BCUT2D eigenvalue weighted by atomic mass is 16.6. The standard InChI is InChI=1S/C9H4N2O4/c12-7-5-3-1-2-4-6(5)9(13)10-8(7)11(14)15/h1-4H. The van der Waals surface area contributed by atoms with E-state index in [1.165, 1.54) is 18.2 Å². The summed E-state index contributed by atoms with van der Waals surface area (Å²) >= 11 is 0. The second kappa shape index (κ2) is 3.09. The van der Waals surface area contributed by atoms with Crippen LogP contribution in [0.25, 0.3) is 0 Å². The van der Waals surface area contributed by atoms with Gasteiger partial charge in [0, 0.05) is 10.6 Å². The average Bonchev–Trinajstić information content (AvgIpc) is 2.23. The van der Waals surface area contributed by atoms with Crippen molar-refractivity contribution in [1.82, 2.24) is 0 Å². The van der Waals surface area contributed by atoms with E-state index in [4.69, 9.17) is 0 Å². The van der Waals surface area contributed by atoms with E-state index in [2.05, 4.69) is 4.99 Å². The Bertz CT molecular complexity index is 519. The molecule has 0 saturated heterocycles. The molecule has 0 unspecified atom stereocenters. The van der Waals surface area contributed by atoms with Gasteiger partial charge in [0.25, 0.3) is 5.78 Å². The van der Waals surface area contributed by atoms with Crippen LogP contribution < -0.4 is 0 Å². The lowest BCUT2D eigenvalue weighted by Crippen LogP contribution is -2.30. The quantitative estimate of drug-likeness (QED) is 0.459. The lowest BCUT2D eigenvalue weighted by molar-refractivity contribution is -0.347. The molecule has 1 aliphatic rings. The summed E-state index contributed by atoms with van der Waals surface area (Å²) in [5.74, 6) is -2.49. The van der Waals surface area contributed by atoms with Gasteiger partial charge in [-0.15, -0.1) is 0 Å². The van der Waals surface area contributed by atoms with E-state index in [1.807, 2.05) is 0 Å². The number of Topliss-reactive ketones (excluding diaryl/α,β-unsaturated/α-hetero) is 1. The predicted molar refractivity (Wildman–Crippen MR) is 49.5 cm³/mol. The minimum absolute atomic E-state index is 0.0317. The first-order valence-electron chi connectivity index (χ1n) is 4.02. The highest BCUT2D eigenvalue weighted by Gasteiger charge is 2.36. The number of amides is 1. The first kappa shape index (κ1) is 9.20. The number of aliphatic imine (C=N–C) groups is 1. The Morgan fingerprint density at radius 3 is 2.33 bits per heavy atom. The van der Waals surface area contributed by atoms with Gasteiger partial charge in [-0.25, -0.2) is 4.79 Å². The number of benzene rings is 1. The molecule has 0 fully saturated rings. The van der Waals surface area contributed by atoms with Crippen molar-refractivity contribution in [3.63, 3.8) is 0 Å². The second-order valence-corrected chi connectivity index (χ2v) is 2.87. The van der Waals surface area contributed by atoms with E-state index in [9.17, 15) is 19.7 Å². The second-order valence-electron chi connectivity index (χ2n) is 2.87. The van der Waals surface area contributed by atoms with Crippen molar-refractivity contribution in [3.8, 4) is 0 Å². The third kappa shape index (κ3) is 1.32. The molecule has 1 heterocycles. The van der Waals surface area contributed by atoms with Crippen LogP contribution in [0.4, 0.5) is 0 Å². The van der Waals surface area contributed by atoms with Crippen molar-refractivity contribution >= 4 is 17.5 Å². The van der Waals surface area contributed by atoms with E-state index in [0.29, 0.717) is 0 Å². The van der Waals surface area contributed by atoms with E-state index in [0.717, 1.165) is 0 Å². The molecule has 6 heteroatoms. The maximum atomic E-state index is 11.5. The van der Waals surface area contributed by atoms with Crippen molar-refractivity contribution < 1.29 is 14.5 Å². The summed E-state index contributed by atoms with van der Waals surface area (Å²) in [7, 11) is 0. The molecule has 0 bridgehead atoms. The SMILES string of the molecule is O=C1N=C([N+](=O)[O-])C(=O)c2ccccc21. The number of rotatable bonds is 0. The number of hydrogen-bond donors (Lipinski definition) is 0. The van der Waals surface area contributed by atoms with Gasteiger partial charge < -0.3 is 10.1 Å². The molecule has 0 atom stereocenters. The van der Waals surface area contributed by atoms with Crippen LogP contribution >= 0.6 is 0 Å². The van der Waals surface area contributed by atoms with Gasteiger partial charge in [0.1, 0.15) is 0 Å². The number of carbonyl (C=O) groups is 2. The minimum Gasteiger partial charge on any atom is -0.358 e. The van der Waals surface area contributed by atoms with Crippen molar-refractivity contribution in [2.75, 3.05) is 0 Å². The molecule has 1 aromatic rings. The highest BCUT2D eigenvalue weighted by Crippen LogP contribution is 2.16. The van der Waals surface area contributed by atoms with Gasteiger partial charge in [-0.3, -0.25) is 4.79 Å². The molecule has 0 radical (unpaired) electrons. The number of fused-ring (bicyclic) bond motifs is 1. The molecule has 74 valence electrons. The molecule has 1 aliphatic heterocycles. The average molecular weight is 204 g/mol. The molecule has 2 rings (SSSR count). The van der Waals surface area contributed by atoms with Crippen molar-refractivity contribution in [2.24, 2.45) is 4.99 Å². The fraction of sp³-hybridized carbons (Fsp3) is 0. The van der Waals surface area contributed by atoms with Crippen LogP contribution in [0, 0.1) is 10.1 Å². The zero-order valence-corrected chi connectivity index (χ0v) is 7.34. The lowest BCUT2D eigenvalue weighted by atomic mass is 10.00. The molecule has 0 saturated carbocycles. The largest absolute Gasteiger partial charge is 0.416 e. The van der Waals surface area contributed by atoms with Gasteiger partial charge in [-0.2, -0.15) is 0 Å². The number of nitro groups is 1. The minimum atomic E-state index is -0.948. The smallest absolute Gasteiger partial charge is 0.358 e. The zero-order valence-electron chi connectivity index (χ0n) is 7.34. The Balaban J connectivity index is 2.64. The van der Waals surface area contributed by atoms with Crippen molar-refractivity contribution in [2.45, 2.75) is 0 Å². The Hall–Kier alpha value is -2.37. The maximum absolute atomic E-state index is 11.5. The summed E-state index contributed by atoms with van der Waals surface area (Å²) in [4.78, 5) is 35.4. The van der Waals surface area contributed by atoms with E-state index in [-0.39, 0.29) is 11.1 Å². The zero-order chi connectivity index (χ0) is 11.0. The predicted octanol–water partition coefficient (Wildman–Crippen LogP) is 0.698. The van der Waals surface area contributed by atoms with Gasteiger partial charge >= 0.3 is 11.7 Å². The molecular weight excluding hydrogens is 200 g/mol. The summed E-state index contributed by atoms with van der Waals surface area (Å²) in [6.07, 6.45) is 0. The molecule has 6 nitrogen and oxygen atoms in total. The summed E-state index contributed by atoms with van der Waals surface area (Å²) in [5, 5.41) is 10.4. The number of carbonyl (C=O) groups excluding carboxylic acids is 2. The third-order valence-electron chi connectivity index (χ3n) is 1.99. The van der Waals surface area contributed by atoms with Crippen molar-refractivity contribution in [1.29, 1.82) is 0 Å². The van der Waals surface area contributed by atoms with Gasteiger partial charge in [0.15, 0.2) is 0 Å². The van der Waals surface area contributed by atoms with Gasteiger partial charge in [-0.05, 0) is 17.1 Å². The number of ketones is 1. The van der Waals surface area contributed by atoms with Crippen LogP contribution in [0.5, 0.6) is 0 Å². The Morgan fingerprint density at radius 1 is 1.13 bits per heavy atom. The van der Waals surface area contributed by atoms with E-state index < -0.39 is 22.4 Å². The molecule has 0 N–H and O–H groups in total. The molecule has 1 amide bonds. The monoisotopic (exact) mass is 204 g/mol. The molecule has 0 aliphatic carbocycles. The van der Waals surface area contributed by atoms with E-state index in [1.54, 1.807) is 6.07 Å². The Labute approximate surface area is 83.4 Å². The van der Waals surface area contributed by atoms with Crippen LogP contribution in [-0.2, 0) is 0 Å². The summed E-state index contributed by atoms with van der Waals surface area (Å²) in [6, 6.07) is 5.88. The number of hydrogen-bond acceptors (Lipinski definition) is 4. The normalized spacial score (nSPS) is 14.5. The summed E-state index contributed by atoms with van der Waals surface area (Å²) < 4.78 is 0. The first-order valence-corrected chi connectivity index (χ1v) is 4.02. The molecule has 1 aromatic carbocycles. The van der Waals surface area contributed by atoms with Crippen LogP contribution in [0.1, 0.15) is 20.7 Å². The Morgan fingerprint density at radius 2 is 1.73 bits per heavy atom. The number of amidine groups is 1. The number of nitrogens with zero attached hydrogens (tertiary/aromatic N) is 2. The maximum Gasteiger partial charge on any atom is 0.416 e. The van der Waals surface area contributed by atoms with Gasteiger partial charge in [-0.1, -0.05) is 12.1 Å². The van der Waals surface area contributed by atoms with Crippen LogP contribution in [0.2, 0.25) is 0 Å². The highest BCUT2D eigenvalue weighted by molar-refractivity contribution is 6.47. The summed E-state index contributed by atoms with van der Waals surface area (Å²) in [6.45, 7) is 0. The van der Waals surface area contributed by atoms with Gasteiger partial charge in [0.2, 0.25) is 0 Å². The fourth-order valence-corrected chi connectivity index (χ4v) is 1.32. The van der Waals surface area contributed by atoms with Crippen LogP contribution in [0.3, 0.4) is 0 Å². The van der Waals surface area contributed by atoms with Crippen molar-refractivity contribution in [3.05, 3.63) is 45.5 Å². The topological polar surface area (TPSA) is 89.6 Å². The Kier molecular flexibility index (Phi) is 1.89. The molecule has 0 spiro atoms. The fourth-order valence-electron chi connectivity index (χ4n) is 1.32. The molecule has 0 aromatic heterocycles. The first-order chi connectivity index (χ1) is 7.11. The van der Waals surface area contributed by atoms with Crippen LogP contribution in [-0.4, -0.2) is 22.4 Å². The third-order valence-corrected chi connectivity index (χ3v) is 1.99. The molecular formula is C9H4N2O4.